The molecule has 0 fully saturated rings. The number of anilines is 1. The van der Waals surface area contributed by atoms with Crippen molar-refractivity contribution in [3.63, 3.8) is 0 Å². The van der Waals surface area contributed by atoms with E-state index in [1.807, 2.05) is 0 Å². The van der Waals surface area contributed by atoms with E-state index < -0.39 is 27.2 Å². The van der Waals surface area contributed by atoms with Crippen LogP contribution in [0.25, 0.3) is 0 Å². The fraction of sp³-hybridized carbons (Fsp3) is 0.231. The molecule has 26 heavy (non-hydrogen) atoms. The molecule has 0 aliphatic heterocycles. The van der Waals surface area contributed by atoms with Gasteiger partial charge in [-0.15, -0.1) is 11.6 Å². The molecule has 2 aromatic rings. The second-order valence-electron chi connectivity index (χ2n) is 4.68. The molecule has 0 aliphatic carbocycles. The summed E-state index contributed by atoms with van der Waals surface area (Å²) in [5.74, 6) is -0.458. The van der Waals surface area contributed by atoms with E-state index in [0.29, 0.717) is 0 Å². The van der Waals surface area contributed by atoms with Crippen LogP contribution in [0.1, 0.15) is 11.7 Å². The number of halogens is 2. The average Bonchev–Trinajstić information content (AvgIpc) is 2.59. The number of alkyl halides is 1. The predicted molar refractivity (Wildman–Crippen MR) is 92.9 cm³/mol. The van der Waals surface area contributed by atoms with Crippen LogP contribution >= 0.6 is 23.2 Å². The van der Waals surface area contributed by atoms with E-state index in [9.17, 15) is 18.3 Å². The molecule has 2 rings (SSSR count). The van der Waals surface area contributed by atoms with Gasteiger partial charge in [0.15, 0.2) is 5.03 Å². The number of pyridine rings is 1. The quantitative estimate of drug-likeness (QED) is 0.467. The van der Waals surface area contributed by atoms with Crippen molar-refractivity contribution in [3.8, 4) is 5.88 Å². The monoisotopic (exact) mass is 421 g/mol. The normalized spacial score (nSPS) is 12.3. The number of carbonyl (C=O) groups is 1. The van der Waals surface area contributed by atoms with Gasteiger partial charge in [0, 0.05) is 17.8 Å². The highest BCUT2D eigenvalue weighted by Gasteiger charge is 2.26. The molecule has 3 N–H and O–H groups in total. The Hall–Kier alpha value is -2.21. The van der Waals surface area contributed by atoms with Crippen LogP contribution in [0.15, 0.2) is 29.4 Å². The zero-order valence-electron chi connectivity index (χ0n) is 13.2. The Morgan fingerprint density at radius 1 is 1.42 bits per heavy atom. The van der Waals surface area contributed by atoms with Crippen molar-refractivity contribution >= 4 is 45.2 Å². The lowest BCUT2D eigenvalue weighted by molar-refractivity contribution is 0.198. The third-order valence-electron chi connectivity index (χ3n) is 2.89. The molecule has 1 unspecified atom stereocenters. The molecule has 0 radical (unpaired) electrons. The van der Waals surface area contributed by atoms with Crippen LogP contribution in [-0.4, -0.2) is 47.5 Å². The number of carbonyl (C=O) groups excluding carboxylic acids is 1. The summed E-state index contributed by atoms with van der Waals surface area (Å²) in [5.41, 5.74) is -0.0523. The van der Waals surface area contributed by atoms with E-state index in [1.54, 1.807) is 4.72 Å². The highest BCUT2D eigenvalue weighted by atomic mass is 35.5. The number of amides is 2. The molecule has 0 saturated carbocycles. The van der Waals surface area contributed by atoms with Gasteiger partial charge < -0.3 is 9.84 Å². The molecule has 13 heteroatoms. The summed E-state index contributed by atoms with van der Waals surface area (Å²) in [5, 5.41) is 11.4. The summed E-state index contributed by atoms with van der Waals surface area (Å²) in [6.45, 7) is 0. The molecule has 0 bridgehead atoms. The van der Waals surface area contributed by atoms with Crippen molar-refractivity contribution in [1.82, 2.24) is 19.7 Å². The van der Waals surface area contributed by atoms with Crippen LogP contribution in [-0.2, 0) is 10.0 Å². The Kier molecular flexibility index (Phi) is 6.53. The van der Waals surface area contributed by atoms with Gasteiger partial charge in [0.1, 0.15) is 5.15 Å². The molecule has 2 amide bonds. The molecule has 10 nitrogen and oxygen atoms in total. The summed E-state index contributed by atoms with van der Waals surface area (Å²) in [6, 6.07) is 2.90. The molecule has 0 aliphatic rings. The van der Waals surface area contributed by atoms with Gasteiger partial charge in [-0.1, -0.05) is 17.7 Å². The molecular weight excluding hydrogens is 409 g/mol. The Balaban J connectivity index is 2.22. The van der Waals surface area contributed by atoms with Gasteiger partial charge >= 0.3 is 6.03 Å². The zero-order chi connectivity index (χ0) is 19.3. The standard InChI is InChI=1S/C13H13Cl2N5O5S/c1-25-10-5-9(15)17-12(18-10)19-13(22)20-26(23,24)11-7(8(21)6-14)3-2-4-16-11/h2-5,8,21H,6H2,1H3,(H2,17,18,19,20,22). The Bertz CT molecular complexity index is 912. The van der Waals surface area contributed by atoms with Crippen molar-refractivity contribution in [2.75, 3.05) is 18.3 Å². The van der Waals surface area contributed by atoms with E-state index in [2.05, 4.69) is 20.3 Å². The second kappa shape index (κ2) is 8.45. The number of ether oxygens (including phenoxy) is 1. The number of hydrogen-bond acceptors (Lipinski definition) is 8. The molecule has 1 atom stereocenters. The largest absolute Gasteiger partial charge is 0.481 e. The van der Waals surface area contributed by atoms with Crippen LogP contribution in [0.5, 0.6) is 5.88 Å². The Labute approximate surface area is 158 Å². The number of urea groups is 1. The first kappa shape index (κ1) is 20.1. The molecular formula is C13H13Cl2N5O5S. The number of aliphatic hydroxyl groups is 1. The molecule has 0 spiro atoms. The Morgan fingerprint density at radius 2 is 2.15 bits per heavy atom. The summed E-state index contributed by atoms with van der Waals surface area (Å²) in [4.78, 5) is 23.2. The highest BCUT2D eigenvalue weighted by molar-refractivity contribution is 7.90. The number of nitrogens with one attached hydrogen (secondary N) is 2. The first-order chi connectivity index (χ1) is 12.3. The number of methoxy groups -OCH3 is 1. The summed E-state index contributed by atoms with van der Waals surface area (Å²) >= 11 is 11.3. The van der Waals surface area contributed by atoms with Crippen molar-refractivity contribution < 1.29 is 23.1 Å². The fourth-order valence-electron chi connectivity index (χ4n) is 1.82. The van der Waals surface area contributed by atoms with Gasteiger partial charge in [0.05, 0.1) is 19.1 Å². The average molecular weight is 422 g/mol. The summed E-state index contributed by atoms with van der Waals surface area (Å²) in [7, 11) is -3.07. The van der Waals surface area contributed by atoms with Crippen molar-refractivity contribution in [2.45, 2.75) is 11.1 Å². The topological polar surface area (TPSA) is 143 Å². The minimum atomic E-state index is -4.40. The minimum absolute atomic E-state index is 0.0211. The van der Waals surface area contributed by atoms with Gasteiger partial charge in [-0.05, 0) is 6.07 Å². The molecule has 140 valence electrons. The zero-order valence-corrected chi connectivity index (χ0v) is 15.5. The number of sulfonamides is 1. The van der Waals surface area contributed by atoms with Gasteiger partial charge in [0.2, 0.25) is 11.8 Å². The first-order valence-corrected chi connectivity index (χ1v) is 9.27. The SMILES string of the molecule is COc1cc(Cl)nc(NC(=O)NS(=O)(=O)c2ncccc2C(O)CCl)n1. The maximum Gasteiger partial charge on any atom is 0.335 e. The maximum absolute atomic E-state index is 12.4. The summed E-state index contributed by atoms with van der Waals surface area (Å²) < 4.78 is 31.4. The van der Waals surface area contributed by atoms with E-state index in [0.717, 1.165) is 0 Å². The molecule has 2 aromatic heterocycles. The van der Waals surface area contributed by atoms with E-state index in [4.69, 9.17) is 27.9 Å². The van der Waals surface area contributed by atoms with E-state index in [1.165, 1.54) is 31.5 Å². The van der Waals surface area contributed by atoms with Gasteiger partial charge in [-0.2, -0.15) is 13.4 Å². The van der Waals surface area contributed by atoms with Crippen LogP contribution < -0.4 is 14.8 Å². The smallest absolute Gasteiger partial charge is 0.335 e. The lowest BCUT2D eigenvalue weighted by Gasteiger charge is -2.13. The third kappa shape index (κ3) is 4.91. The molecule has 2 heterocycles. The highest BCUT2D eigenvalue weighted by Crippen LogP contribution is 2.21. The first-order valence-electron chi connectivity index (χ1n) is 6.88. The molecule has 0 aromatic carbocycles. The van der Waals surface area contributed by atoms with Crippen molar-refractivity contribution in [2.24, 2.45) is 0 Å². The lowest BCUT2D eigenvalue weighted by Crippen LogP contribution is -2.36. The summed E-state index contributed by atoms with van der Waals surface area (Å²) in [6.07, 6.45) is -0.0810. The van der Waals surface area contributed by atoms with Gasteiger partial charge in [0.25, 0.3) is 10.0 Å². The number of nitrogens with zero attached hydrogens (tertiary/aromatic N) is 3. The third-order valence-corrected chi connectivity index (χ3v) is 4.68. The van der Waals surface area contributed by atoms with Crippen LogP contribution in [0.3, 0.4) is 0 Å². The van der Waals surface area contributed by atoms with Crippen LogP contribution in [0.4, 0.5) is 10.7 Å². The molecule has 0 saturated heterocycles. The van der Waals surface area contributed by atoms with Crippen LogP contribution in [0, 0.1) is 0 Å². The van der Waals surface area contributed by atoms with Crippen LogP contribution in [0.2, 0.25) is 5.15 Å². The van der Waals surface area contributed by atoms with Crippen molar-refractivity contribution in [1.29, 1.82) is 0 Å². The van der Waals surface area contributed by atoms with E-state index in [-0.39, 0.29) is 28.4 Å². The van der Waals surface area contributed by atoms with E-state index >= 15 is 0 Å². The fourth-order valence-corrected chi connectivity index (χ4v) is 3.26. The Morgan fingerprint density at radius 3 is 2.81 bits per heavy atom. The number of hydrogen-bond donors (Lipinski definition) is 3. The number of rotatable bonds is 6. The number of aliphatic hydroxyl groups excluding tert-OH is 1. The van der Waals surface area contributed by atoms with Gasteiger partial charge in [-0.25, -0.2) is 19.5 Å². The maximum atomic E-state index is 12.4. The lowest BCUT2D eigenvalue weighted by atomic mass is 10.2. The number of aromatic nitrogens is 3. The second-order valence-corrected chi connectivity index (χ2v) is 6.98. The van der Waals surface area contributed by atoms with Crippen molar-refractivity contribution in [3.05, 3.63) is 35.1 Å². The predicted octanol–water partition coefficient (Wildman–Crippen LogP) is 1.32. The van der Waals surface area contributed by atoms with Gasteiger partial charge in [-0.3, -0.25) is 5.32 Å². The minimum Gasteiger partial charge on any atom is -0.481 e.